The van der Waals surface area contributed by atoms with Gasteiger partial charge in [-0.15, -0.1) is 0 Å². The number of carbonyl (C=O) groups excluding carboxylic acids is 3. The molecule has 3 rings (SSSR count). The van der Waals surface area contributed by atoms with Crippen molar-refractivity contribution in [1.82, 2.24) is 0 Å². The van der Waals surface area contributed by atoms with Crippen LogP contribution in [0.15, 0.2) is 34.9 Å². The first kappa shape index (κ1) is 44.0. The quantitative estimate of drug-likeness (QED) is 0.126. The summed E-state index contributed by atoms with van der Waals surface area (Å²) in [6, 6.07) is 0. The summed E-state index contributed by atoms with van der Waals surface area (Å²) >= 11 is 0. The van der Waals surface area contributed by atoms with Crippen LogP contribution in [0.5, 0.6) is 0 Å². The van der Waals surface area contributed by atoms with E-state index in [-0.39, 0.29) is 17.6 Å². The Morgan fingerprint density at radius 3 is 2.27 bits per heavy atom. The highest BCUT2D eigenvalue weighted by Gasteiger charge is 2.55. The van der Waals surface area contributed by atoms with Crippen molar-refractivity contribution in [3.05, 3.63) is 34.9 Å². The predicted molar refractivity (Wildman–Crippen MR) is 194 cm³/mol. The van der Waals surface area contributed by atoms with E-state index in [9.17, 15) is 39.9 Å². The molecule has 12 heteroatoms. The summed E-state index contributed by atoms with van der Waals surface area (Å²) in [7, 11) is 0. The Morgan fingerprint density at radius 2 is 1.67 bits per heavy atom. The van der Waals surface area contributed by atoms with E-state index < -0.39 is 84.0 Å². The maximum Gasteiger partial charge on any atom is 0.303 e. The van der Waals surface area contributed by atoms with Gasteiger partial charge in [-0.05, 0) is 82.8 Å². The molecule has 2 aliphatic carbocycles. The van der Waals surface area contributed by atoms with Crippen LogP contribution in [0.4, 0.5) is 0 Å². The fourth-order valence-electron chi connectivity index (χ4n) is 8.56. The minimum Gasteiger partial charge on any atom is -0.459 e. The second-order valence-electron chi connectivity index (χ2n) is 16.6. The molecule has 0 aromatic heterocycles. The minimum atomic E-state index is -1.56. The number of esters is 2. The molecule has 1 heterocycles. The van der Waals surface area contributed by atoms with Crippen LogP contribution in [0.25, 0.3) is 0 Å². The topological polar surface area (TPSA) is 189 Å². The van der Waals surface area contributed by atoms with Crippen molar-refractivity contribution in [3.8, 4) is 0 Å². The van der Waals surface area contributed by atoms with Gasteiger partial charge in [0.25, 0.3) is 0 Å². The molecule has 11 atom stereocenters. The summed E-state index contributed by atoms with van der Waals surface area (Å²) in [4.78, 5) is 37.0. The van der Waals surface area contributed by atoms with E-state index >= 15 is 0 Å². The number of ketones is 1. The molecule has 52 heavy (non-hydrogen) atoms. The zero-order valence-corrected chi connectivity index (χ0v) is 32.8. The summed E-state index contributed by atoms with van der Waals surface area (Å²) < 4.78 is 23.5. The molecule has 0 bridgehead atoms. The third-order valence-electron chi connectivity index (χ3n) is 11.9. The van der Waals surface area contributed by atoms with Crippen molar-refractivity contribution in [2.24, 2.45) is 22.7 Å². The summed E-state index contributed by atoms with van der Waals surface area (Å²) in [5, 5.41) is 52.1. The summed E-state index contributed by atoms with van der Waals surface area (Å²) in [6.07, 6.45) is 0.0985. The molecule has 3 aliphatic rings. The predicted octanol–water partition coefficient (Wildman–Crippen LogP) is 4.24. The number of aliphatic hydroxyl groups excluding tert-OH is 5. The van der Waals surface area contributed by atoms with Crippen molar-refractivity contribution in [2.75, 3.05) is 6.61 Å². The SMILES string of the molecule is CC(=O)OC(C=C(C)C(O)CC1C(C)=CCC(=O)C1(C)C)CC=C(C)CCC1C(C)(OC(C)=O)CCC(OC2OC(CO)C(O)C(O)C2O)C1(C)C. The van der Waals surface area contributed by atoms with Crippen LogP contribution in [0.2, 0.25) is 0 Å². The van der Waals surface area contributed by atoms with E-state index in [4.69, 9.17) is 18.9 Å². The Kier molecular flexibility index (Phi) is 15.0. The molecule has 0 spiro atoms. The van der Waals surface area contributed by atoms with Gasteiger partial charge in [0.1, 0.15) is 41.9 Å². The van der Waals surface area contributed by atoms with Gasteiger partial charge in [-0.25, -0.2) is 0 Å². The van der Waals surface area contributed by atoms with Crippen LogP contribution >= 0.6 is 0 Å². The van der Waals surface area contributed by atoms with Crippen molar-refractivity contribution < 1.29 is 58.9 Å². The number of rotatable bonds is 14. The second-order valence-corrected chi connectivity index (χ2v) is 16.6. The number of carbonyl (C=O) groups is 3. The third kappa shape index (κ3) is 10.4. The largest absolute Gasteiger partial charge is 0.459 e. The Hall–Kier alpha value is -2.45. The van der Waals surface area contributed by atoms with E-state index in [2.05, 4.69) is 0 Å². The lowest BCUT2D eigenvalue weighted by molar-refractivity contribution is -0.327. The Labute approximate surface area is 309 Å². The molecule has 0 aromatic rings. The van der Waals surface area contributed by atoms with Crippen LogP contribution in [-0.2, 0) is 33.3 Å². The molecule has 12 nitrogen and oxygen atoms in total. The van der Waals surface area contributed by atoms with Gasteiger partial charge in [-0.1, -0.05) is 51.0 Å². The molecule has 0 radical (unpaired) electrons. The first-order chi connectivity index (χ1) is 24.0. The number of allylic oxidation sites excluding steroid dienone is 3. The Balaban J connectivity index is 1.76. The molecular weight excluding hydrogens is 672 g/mol. The smallest absolute Gasteiger partial charge is 0.303 e. The molecule has 5 N–H and O–H groups in total. The fraction of sp³-hybridized carbons (Fsp3) is 0.775. The molecule has 1 saturated heterocycles. The van der Waals surface area contributed by atoms with E-state index in [1.54, 1.807) is 13.0 Å². The molecule has 0 aromatic carbocycles. The summed E-state index contributed by atoms with van der Waals surface area (Å²) in [5.41, 5.74) is 0.731. The highest BCUT2D eigenvalue weighted by Crippen LogP contribution is 2.52. The third-order valence-corrected chi connectivity index (χ3v) is 11.9. The fourth-order valence-corrected chi connectivity index (χ4v) is 8.56. The molecule has 0 amide bonds. The maximum absolute atomic E-state index is 12.6. The Morgan fingerprint density at radius 1 is 1.02 bits per heavy atom. The Bertz CT molecular complexity index is 1360. The standard InChI is InChI=1S/C40H64O12/c1-22(11-14-27(49-25(4)42)19-24(3)29(44)20-28-23(2)13-16-32(45)38(28,6)7)12-15-31-39(8,9)33(17-18-40(31,10)52-26(5)43)51-37-36(48)35(47)34(46)30(21-41)50-37/h11,13,19,27-31,33-37,41,44,46-48H,12,14-18,20-21H2,1-10H3. The van der Waals surface area contributed by atoms with Gasteiger partial charge in [0.05, 0.1) is 18.8 Å². The first-order valence-electron chi connectivity index (χ1n) is 18.6. The monoisotopic (exact) mass is 736 g/mol. The van der Waals surface area contributed by atoms with E-state index in [0.717, 1.165) is 11.1 Å². The van der Waals surface area contributed by atoms with Gasteiger partial charge in [0.15, 0.2) is 6.29 Å². The van der Waals surface area contributed by atoms with Crippen LogP contribution in [0.1, 0.15) is 114 Å². The van der Waals surface area contributed by atoms with Gasteiger partial charge >= 0.3 is 11.9 Å². The van der Waals surface area contributed by atoms with Crippen LogP contribution in [0, 0.1) is 22.7 Å². The zero-order chi connectivity index (χ0) is 39.3. The van der Waals surface area contributed by atoms with E-state index in [0.29, 0.717) is 50.5 Å². The van der Waals surface area contributed by atoms with Crippen LogP contribution in [-0.4, -0.2) is 104 Å². The number of hydrogen-bond acceptors (Lipinski definition) is 12. The van der Waals surface area contributed by atoms with Crippen LogP contribution < -0.4 is 0 Å². The van der Waals surface area contributed by atoms with Gasteiger partial charge in [0, 0.05) is 38.0 Å². The highest BCUT2D eigenvalue weighted by molar-refractivity contribution is 5.87. The molecule has 11 unspecified atom stereocenters. The molecule has 1 saturated carbocycles. The number of aliphatic hydroxyl groups is 5. The normalized spacial score (nSPS) is 35.0. The molecule has 296 valence electrons. The van der Waals surface area contributed by atoms with Gasteiger partial charge in [0.2, 0.25) is 0 Å². The number of Topliss-reactive ketones (excluding diaryl/α,β-unsaturated/α-hetero) is 1. The lowest BCUT2D eigenvalue weighted by Crippen LogP contribution is -2.62. The highest BCUT2D eigenvalue weighted by atomic mass is 16.7. The lowest BCUT2D eigenvalue weighted by atomic mass is 9.58. The number of hydrogen-bond donors (Lipinski definition) is 5. The summed E-state index contributed by atoms with van der Waals surface area (Å²) in [5.74, 6) is -1.02. The van der Waals surface area contributed by atoms with Crippen molar-refractivity contribution in [2.45, 2.75) is 169 Å². The maximum atomic E-state index is 12.6. The molecule has 1 aliphatic heterocycles. The van der Waals surface area contributed by atoms with Crippen molar-refractivity contribution in [1.29, 1.82) is 0 Å². The molecular formula is C40H64O12. The summed E-state index contributed by atoms with van der Waals surface area (Å²) in [6.45, 7) is 17.7. The number of ether oxygens (including phenoxy) is 4. The van der Waals surface area contributed by atoms with E-state index in [1.165, 1.54) is 13.8 Å². The minimum absolute atomic E-state index is 0.106. The van der Waals surface area contributed by atoms with Gasteiger partial charge in [-0.3, -0.25) is 14.4 Å². The van der Waals surface area contributed by atoms with Crippen LogP contribution in [0.3, 0.4) is 0 Å². The van der Waals surface area contributed by atoms with Crippen molar-refractivity contribution >= 4 is 17.7 Å². The van der Waals surface area contributed by atoms with E-state index in [1.807, 2.05) is 60.6 Å². The van der Waals surface area contributed by atoms with Gasteiger partial charge < -0.3 is 44.5 Å². The second kappa shape index (κ2) is 17.8. The zero-order valence-electron chi connectivity index (χ0n) is 32.8. The lowest BCUT2D eigenvalue weighted by Gasteiger charge is -2.54. The first-order valence-corrected chi connectivity index (χ1v) is 18.6. The molecule has 2 fully saturated rings. The average molecular weight is 737 g/mol. The average Bonchev–Trinajstić information content (AvgIpc) is 3.04. The van der Waals surface area contributed by atoms with Gasteiger partial charge in [-0.2, -0.15) is 0 Å². The van der Waals surface area contributed by atoms with Crippen molar-refractivity contribution in [3.63, 3.8) is 0 Å².